The number of rotatable bonds is 8. The van der Waals surface area contributed by atoms with E-state index in [2.05, 4.69) is 5.32 Å². The molecule has 0 aliphatic heterocycles. The number of nitrogens with one attached hydrogen (secondary N) is 1. The summed E-state index contributed by atoms with van der Waals surface area (Å²) in [5, 5.41) is 11.6. The molecule has 6 nitrogen and oxygen atoms in total. The number of carbonyl (C=O) groups excluding carboxylic acids is 2. The van der Waals surface area contributed by atoms with E-state index >= 15 is 0 Å². The van der Waals surface area contributed by atoms with Crippen molar-refractivity contribution in [3.63, 3.8) is 0 Å². The van der Waals surface area contributed by atoms with Gasteiger partial charge >= 0.3 is 5.97 Å². The molecule has 1 fully saturated rings. The van der Waals surface area contributed by atoms with Crippen LogP contribution in [0.3, 0.4) is 0 Å². The van der Waals surface area contributed by atoms with E-state index < -0.39 is 23.7 Å². The predicted octanol–water partition coefficient (Wildman–Crippen LogP) is 3.46. The fraction of sp³-hybridized carbons (Fsp3) is 0.375. The lowest BCUT2D eigenvalue weighted by Gasteiger charge is -2.32. The van der Waals surface area contributed by atoms with Gasteiger partial charge in [-0.05, 0) is 54.0 Å². The zero-order valence-electron chi connectivity index (χ0n) is 17.2. The van der Waals surface area contributed by atoms with Crippen molar-refractivity contribution in [1.82, 2.24) is 5.32 Å². The van der Waals surface area contributed by atoms with Gasteiger partial charge in [-0.3, -0.25) is 14.4 Å². The molecule has 2 aromatic rings. The third kappa shape index (κ3) is 5.90. The van der Waals surface area contributed by atoms with E-state index in [9.17, 15) is 18.8 Å². The standard InChI is InChI=1S/C24H27FN2O4/c25-18-12-10-17(11-13-18)22(23(26)30)27-24(31)20-4-2-1-3-19(20)16-8-5-15(6-9-16)7-14-21(28)29/h5-6,8-13,19-20,22H,1-4,7,14H2,(H2,26,30)(H,27,31)(H,28,29)/t19-,20+,22?/m0/s1. The molecule has 2 aromatic carbocycles. The molecule has 0 spiro atoms. The van der Waals surface area contributed by atoms with Crippen molar-refractivity contribution < 1.29 is 23.9 Å². The zero-order valence-corrected chi connectivity index (χ0v) is 17.2. The quantitative estimate of drug-likeness (QED) is 0.600. The largest absolute Gasteiger partial charge is 0.481 e. The average molecular weight is 426 g/mol. The van der Waals surface area contributed by atoms with Crippen LogP contribution >= 0.6 is 0 Å². The number of carboxylic acids is 1. The smallest absolute Gasteiger partial charge is 0.303 e. The number of primary amides is 1. The van der Waals surface area contributed by atoms with E-state index in [1.807, 2.05) is 24.3 Å². The van der Waals surface area contributed by atoms with E-state index in [1.165, 1.54) is 24.3 Å². The van der Waals surface area contributed by atoms with Gasteiger partial charge in [-0.15, -0.1) is 0 Å². The number of benzene rings is 2. The van der Waals surface area contributed by atoms with Crippen LogP contribution in [0, 0.1) is 11.7 Å². The molecule has 1 aliphatic rings. The molecule has 0 aromatic heterocycles. The molecule has 3 atom stereocenters. The molecule has 0 radical (unpaired) electrons. The number of hydrogen-bond acceptors (Lipinski definition) is 3. The van der Waals surface area contributed by atoms with Gasteiger partial charge in [0.1, 0.15) is 11.9 Å². The Morgan fingerprint density at radius 2 is 1.68 bits per heavy atom. The number of nitrogens with two attached hydrogens (primary N) is 1. The third-order valence-electron chi connectivity index (χ3n) is 5.91. The summed E-state index contributed by atoms with van der Waals surface area (Å²) in [6.45, 7) is 0. The summed E-state index contributed by atoms with van der Waals surface area (Å²) in [6, 6.07) is 12.1. The van der Waals surface area contributed by atoms with Crippen molar-refractivity contribution in [3.8, 4) is 0 Å². The molecule has 1 unspecified atom stereocenters. The molecule has 1 saturated carbocycles. The highest BCUT2D eigenvalue weighted by atomic mass is 19.1. The second-order valence-electron chi connectivity index (χ2n) is 8.03. The Morgan fingerprint density at radius 1 is 1.03 bits per heavy atom. The summed E-state index contributed by atoms with van der Waals surface area (Å²) in [5.41, 5.74) is 7.91. The molecular weight excluding hydrogens is 399 g/mol. The van der Waals surface area contributed by atoms with Gasteiger partial charge in [0.2, 0.25) is 11.8 Å². The zero-order chi connectivity index (χ0) is 22.4. The molecule has 7 heteroatoms. The third-order valence-corrected chi connectivity index (χ3v) is 5.91. The van der Waals surface area contributed by atoms with Crippen molar-refractivity contribution in [2.24, 2.45) is 11.7 Å². The van der Waals surface area contributed by atoms with Crippen LogP contribution in [0.25, 0.3) is 0 Å². The molecule has 4 N–H and O–H groups in total. The maximum atomic E-state index is 13.2. The van der Waals surface area contributed by atoms with Crippen molar-refractivity contribution in [2.45, 2.75) is 50.5 Å². The Labute approximate surface area is 180 Å². The number of carbonyl (C=O) groups is 3. The lowest BCUT2D eigenvalue weighted by Crippen LogP contribution is -2.42. The van der Waals surface area contributed by atoms with Gasteiger partial charge in [0.05, 0.1) is 0 Å². The number of halogens is 1. The second-order valence-corrected chi connectivity index (χ2v) is 8.03. The van der Waals surface area contributed by atoms with Crippen molar-refractivity contribution in [2.75, 3.05) is 0 Å². The van der Waals surface area contributed by atoms with Gasteiger partial charge in [-0.1, -0.05) is 49.2 Å². The van der Waals surface area contributed by atoms with Crippen LogP contribution < -0.4 is 11.1 Å². The summed E-state index contributed by atoms with van der Waals surface area (Å²) in [6.07, 6.45) is 4.01. The minimum absolute atomic E-state index is 0.00372. The van der Waals surface area contributed by atoms with E-state index in [4.69, 9.17) is 10.8 Å². The van der Waals surface area contributed by atoms with E-state index in [0.29, 0.717) is 18.4 Å². The summed E-state index contributed by atoms with van der Waals surface area (Å²) in [4.78, 5) is 35.9. The first-order valence-electron chi connectivity index (χ1n) is 10.5. The molecule has 1 aliphatic carbocycles. The molecule has 31 heavy (non-hydrogen) atoms. The number of hydrogen-bond donors (Lipinski definition) is 3. The monoisotopic (exact) mass is 426 g/mol. The van der Waals surface area contributed by atoms with Gasteiger partial charge in [0.15, 0.2) is 0 Å². The number of amides is 2. The van der Waals surface area contributed by atoms with Crippen LogP contribution in [0.4, 0.5) is 4.39 Å². The molecular formula is C24H27FN2O4. The van der Waals surface area contributed by atoms with Crippen LogP contribution in [0.2, 0.25) is 0 Å². The minimum atomic E-state index is -1.02. The lowest BCUT2D eigenvalue weighted by atomic mass is 9.74. The molecule has 0 bridgehead atoms. The molecule has 0 saturated heterocycles. The Balaban J connectivity index is 1.74. The van der Waals surface area contributed by atoms with Crippen LogP contribution in [0.15, 0.2) is 48.5 Å². The normalized spacial score (nSPS) is 19.4. The minimum Gasteiger partial charge on any atom is -0.481 e. The highest BCUT2D eigenvalue weighted by Gasteiger charge is 2.34. The average Bonchev–Trinajstić information content (AvgIpc) is 2.77. The lowest BCUT2D eigenvalue weighted by molar-refractivity contribution is -0.137. The van der Waals surface area contributed by atoms with Crippen LogP contribution in [-0.2, 0) is 20.8 Å². The van der Waals surface area contributed by atoms with Crippen molar-refractivity contribution in [1.29, 1.82) is 0 Å². The Bertz CT molecular complexity index is 928. The Kier molecular flexibility index (Phi) is 7.39. The van der Waals surface area contributed by atoms with E-state index in [1.54, 1.807) is 0 Å². The summed E-state index contributed by atoms with van der Waals surface area (Å²) >= 11 is 0. The van der Waals surface area contributed by atoms with E-state index in [-0.39, 0.29) is 24.2 Å². The topological polar surface area (TPSA) is 109 Å². The molecule has 164 valence electrons. The molecule has 2 amide bonds. The predicted molar refractivity (Wildman–Crippen MR) is 114 cm³/mol. The van der Waals surface area contributed by atoms with Crippen molar-refractivity contribution >= 4 is 17.8 Å². The van der Waals surface area contributed by atoms with Crippen LogP contribution in [0.1, 0.15) is 60.8 Å². The highest BCUT2D eigenvalue weighted by molar-refractivity contribution is 5.89. The summed E-state index contributed by atoms with van der Waals surface area (Å²) in [7, 11) is 0. The first kappa shape index (κ1) is 22.5. The van der Waals surface area contributed by atoms with Crippen LogP contribution in [-0.4, -0.2) is 22.9 Å². The highest BCUT2D eigenvalue weighted by Crippen LogP contribution is 2.38. The van der Waals surface area contributed by atoms with Crippen LogP contribution in [0.5, 0.6) is 0 Å². The van der Waals surface area contributed by atoms with E-state index in [0.717, 1.165) is 30.4 Å². The molecule has 0 heterocycles. The van der Waals surface area contributed by atoms with Gasteiger partial charge in [0, 0.05) is 12.3 Å². The number of aliphatic carboxylic acids is 1. The summed E-state index contributed by atoms with van der Waals surface area (Å²) in [5.74, 6) is -2.51. The Morgan fingerprint density at radius 3 is 2.29 bits per heavy atom. The number of aryl methyl sites for hydroxylation is 1. The maximum absolute atomic E-state index is 13.2. The van der Waals surface area contributed by atoms with Crippen molar-refractivity contribution in [3.05, 3.63) is 71.0 Å². The molecule has 3 rings (SSSR count). The summed E-state index contributed by atoms with van der Waals surface area (Å²) < 4.78 is 13.2. The maximum Gasteiger partial charge on any atom is 0.303 e. The SMILES string of the molecule is NC(=O)C(NC(=O)[C@@H]1CCCC[C@H]1c1ccc(CCC(=O)O)cc1)c1ccc(F)cc1. The van der Waals surface area contributed by atoms with Gasteiger partial charge in [0.25, 0.3) is 0 Å². The fourth-order valence-electron chi connectivity index (χ4n) is 4.25. The van der Waals surface area contributed by atoms with Gasteiger partial charge in [-0.2, -0.15) is 0 Å². The van der Waals surface area contributed by atoms with Gasteiger partial charge in [-0.25, -0.2) is 4.39 Å². The number of carboxylic acid groups (broad SMARTS) is 1. The fourth-order valence-corrected chi connectivity index (χ4v) is 4.25. The first-order valence-corrected chi connectivity index (χ1v) is 10.5. The Hall–Kier alpha value is -3.22. The second kappa shape index (κ2) is 10.2. The first-order chi connectivity index (χ1) is 14.8. The van der Waals surface area contributed by atoms with Gasteiger partial charge < -0.3 is 16.2 Å².